The normalized spacial score (nSPS) is 14.6. The fraction of sp³-hybridized carbons (Fsp3) is 0.259. The number of halogens is 1. The van der Waals surface area contributed by atoms with Crippen LogP contribution in [0.5, 0.6) is 17.2 Å². The first-order chi connectivity index (χ1) is 17.0. The number of oxime groups is 1. The lowest BCUT2D eigenvalue weighted by Gasteiger charge is -2.25. The van der Waals surface area contributed by atoms with Crippen molar-refractivity contribution in [2.24, 2.45) is 5.16 Å². The molecule has 1 unspecified atom stereocenters. The molecule has 0 radical (unpaired) electrons. The van der Waals surface area contributed by atoms with Gasteiger partial charge in [-0.05, 0) is 48.0 Å². The van der Waals surface area contributed by atoms with Crippen LogP contribution in [-0.2, 0) is 11.4 Å². The zero-order valence-electron chi connectivity index (χ0n) is 19.9. The Labute approximate surface area is 203 Å². The topological polar surface area (TPSA) is 69.6 Å². The Morgan fingerprint density at radius 1 is 1.00 bits per heavy atom. The van der Waals surface area contributed by atoms with Crippen molar-refractivity contribution in [2.75, 3.05) is 27.9 Å². The van der Waals surface area contributed by atoms with Gasteiger partial charge in [0.2, 0.25) is 0 Å². The Morgan fingerprint density at radius 3 is 2.54 bits per heavy atom. The Morgan fingerprint density at radius 2 is 1.80 bits per heavy atom. The molecule has 0 aliphatic carbocycles. The number of nitrogens with zero attached hydrogens (tertiary/aromatic N) is 2. The van der Waals surface area contributed by atoms with E-state index >= 15 is 0 Å². The summed E-state index contributed by atoms with van der Waals surface area (Å²) in [6.07, 6.45) is 0.0914. The number of benzene rings is 3. The molecule has 1 heterocycles. The molecule has 0 fully saturated rings. The van der Waals surface area contributed by atoms with E-state index in [-0.39, 0.29) is 24.8 Å². The predicted molar refractivity (Wildman–Crippen MR) is 130 cm³/mol. The zero-order valence-corrected chi connectivity index (χ0v) is 19.9. The van der Waals surface area contributed by atoms with E-state index in [0.29, 0.717) is 23.7 Å². The van der Waals surface area contributed by atoms with Gasteiger partial charge in [-0.15, -0.1) is 0 Å². The average molecular weight is 479 g/mol. The molecule has 4 rings (SSSR count). The standard InChI is InChI=1S/C27H27FN2O5/c1-32-20-8-6-7-18(13-20)16-30(27(31)22-9-4-5-10-23(22)28)17-21-15-24(29-35-21)19-11-12-25(33-2)26(14-19)34-3/h4-14,21H,15-17H2,1-3H3. The molecule has 3 aromatic rings. The quantitative estimate of drug-likeness (QED) is 0.446. The third-order valence-corrected chi connectivity index (χ3v) is 5.77. The van der Waals surface area contributed by atoms with Gasteiger partial charge in [0, 0.05) is 18.5 Å². The highest BCUT2D eigenvalue weighted by molar-refractivity contribution is 6.02. The summed E-state index contributed by atoms with van der Waals surface area (Å²) >= 11 is 0. The number of hydrogen-bond acceptors (Lipinski definition) is 6. The smallest absolute Gasteiger partial charge is 0.257 e. The second kappa shape index (κ2) is 10.9. The van der Waals surface area contributed by atoms with E-state index in [9.17, 15) is 9.18 Å². The van der Waals surface area contributed by atoms with Gasteiger partial charge in [0.1, 0.15) is 11.6 Å². The minimum Gasteiger partial charge on any atom is -0.497 e. The number of rotatable bonds is 9. The number of methoxy groups -OCH3 is 3. The van der Waals surface area contributed by atoms with Gasteiger partial charge in [0.05, 0.1) is 39.1 Å². The van der Waals surface area contributed by atoms with Gasteiger partial charge in [-0.1, -0.05) is 29.4 Å². The number of carbonyl (C=O) groups excluding carboxylic acids is 1. The highest BCUT2D eigenvalue weighted by Crippen LogP contribution is 2.30. The van der Waals surface area contributed by atoms with Crippen molar-refractivity contribution >= 4 is 11.6 Å². The van der Waals surface area contributed by atoms with Gasteiger partial charge in [-0.25, -0.2) is 4.39 Å². The molecule has 0 aromatic heterocycles. The van der Waals surface area contributed by atoms with Crippen LogP contribution in [0.2, 0.25) is 0 Å². The molecule has 1 aliphatic heterocycles. The van der Waals surface area contributed by atoms with Gasteiger partial charge >= 0.3 is 0 Å². The van der Waals surface area contributed by atoms with Crippen molar-refractivity contribution < 1.29 is 28.2 Å². The van der Waals surface area contributed by atoms with Crippen LogP contribution in [0.4, 0.5) is 4.39 Å². The summed E-state index contributed by atoms with van der Waals surface area (Å²) < 4.78 is 30.4. The zero-order chi connectivity index (χ0) is 24.8. The lowest BCUT2D eigenvalue weighted by atomic mass is 10.0. The van der Waals surface area contributed by atoms with E-state index in [2.05, 4.69) is 5.16 Å². The van der Waals surface area contributed by atoms with Gasteiger partial charge in [-0.2, -0.15) is 0 Å². The summed E-state index contributed by atoms with van der Waals surface area (Å²) in [4.78, 5) is 20.6. The maximum atomic E-state index is 14.4. The molecule has 1 aliphatic rings. The monoisotopic (exact) mass is 478 g/mol. The van der Waals surface area contributed by atoms with Crippen molar-refractivity contribution in [2.45, 2.75) is 19.1 Å². The summed E-state index contributed by atoms with van der Waals surface area (Å²) in [5, 5.41) is 4.24. The molecule has 182 valence electrons. The molecular weight excluding hydrogens is 451 g/mol. The van der Waals surface area contributed by atoms with E-state index < -0.39 is 11.7 Å². The number of carbonyl (C=O) groups is 1. The highest BCUT2D eigenvalue weighted by atomic mass is 19.1. The molecule has 0 saturated heterocycles. The highest BCUT2D eigenvalue weighted by Gasteiger charge is 2.29. The first kappa shape index (κ1) is 24.1. The minimum absolute atomic E-state index is 0.00873. The van der Waals surface area contributed by atoms with E-state index in [1.807, 2.05) is 36.4 Å². The fourth-order valence-corrected chi connectivity index (χ4v) is 3.97. The van der Waals surface area contributed by atoms with Crippen molar-refractivity contribution in [3.63, 3.8) is 0 Å². The molecule has 8 heteroatoms. The molecule has 0 spiro atoms. The predicted octanol–water partition coefficient (Wildman–Crippen LogP) is 4.69. The summed E-state index contributed by atoms with van der Waals surface area (Å²) in [6, 6.07) is 18.9. The summed E-state index contributed by atoms with van der Waals surface area (Å²) in [5.41, 5.74) is 2.43. The molecular formula is C27H27FN2O5. The van der Waals surface area contributed by atoms with Crippen LogP contribution in [0.25, 0.3) is 0 Å². The van der Waals surface area contributed by atoms with E-state index in [4.69, 9.17) is 19.0 Å². The third kappa shape index (κ3) is 5.54. The lowest BCUT2D eigenvalue weighted by Crippen LogP contribution is -2.37. The average Bonchev–Trinajstić information content (AvgIpc) is 3.36. The van der Waals surface area contributed by atoms with Crippen LogP contribution in [0.15, 0.2) is 71.9 Å². The van der Waals surface area contributed by atoms with Gasteiger partial charge in [-0.3, -0.25) is 4.79 Å². The Bertz CT molecular complexity index is 1230. The van der Waals surface area contributed by atoms with Crippen LogP contribution in [-0.4, -0.2) is 50.5 Å². The minimum atomic E-state index is -0.567. The molecule has 7 nitrogen and oxygen atoms in total. The van der Waals surface area contributed by atoms with Crippen LogP contribution in [0.1, 0.15) is 27.9 Å². The second-order valence-electron chi connectivity index (χ2n) is 8.06. The third-order valence-electron chi connectivity index (χ3n) is 5.77. The van der Waals surface area contributed by atoms with Crippen LogP contribution in [0.3, 0.4) is 0 Å². The fourth-order valence-electron chi connectivity index (χ4n) is 3.97. The molecule has 0 bridgehead atoms. The molecule has 35 heavy (non-hydrogen) atoms. The summed E-state index contributed by atoms with van der Waals surface area (Å²) in [7, 11) is 4.73. The summed E-state index contributed by atoms with van der Waals surface area (Å²) in [5.74, 6) is 0.895. The van der Waals surface area contributed by atoms with Gasteiger partial charge < -0.3 is 23.9 Å². The number of hydrogen-bond donors (Lipinski definition) is 0. The van der Waals surface area contributed by atoms with E-state index in [1.165, 1.54) is 12.1 Å². The molecule has 1 atom stereocenters. The lowest BCUT2D eigenvalue weighted by molar-refractivity contribution is 0.0402. The van der Waals surface area contributed by atoms with Gasteiger partial charge in [0.25, 0.3) is 5.91 Å². The van der Waals surface area contributed by atoms with Crippen LogP contribution < -0.4 is 14.2 Å². The van der Waals surface area contributed by atoms with Crippen LogP contribution in [0, 0.1) is 5.82 Å². The van der Waals surface area contributed by atoms with Gasteiger partial charge in [0.15, 0.2) is 17.6 Å². The molecule has 1 amide bonds. The number of ether oxygens (including phenoxy) is 3. The number of amides is 1. The SMILES string of the molecule is COc1cccc(CN(CC2CC(c3ccc(OC)c(OC)c3)=NO2)C(=O)c2ccccc2F)c1. The largest absolute Gasteiger partial charge is 0.497 e. The summed E-state index contributed by atoms with van der Waals surface area (Å²) in [6.45, 7) is 0.487. The van der Waals surface area contributed by atoms with E-state index in [0.717, 1.165) is 16.8 Å². The van der Waals surface area contributed by atoms with E-state index in [1.54, 1.807) is 44.4 Å². The van der Waals surface area contributed by atoms with Crippen LogP contribution >= 0.6 is 0 Å². The first-order valence-corrected chi connectivity index (χ1v) is 11.1. The maximum Gasteiger partial charge on any atom is 0.257 e. The van der Waals surface area contributed by atoms with Crippen molar-refractivity contribution in [3.05, 3.63) is 89.2 Å². The Balaban J connectivity index is 1.53. The van der Waals surface area contributed by atoms with Crippen molar-refractivity contribution in [1.29, 1.82) is 0 Å². The first-order valence-electron chi connectivity index (χ1n) is 11.1. The Hall–Kier alpha value is -4.07. The molecule has 3 aromatic carbocycles. The van der Waals surface area contributed by atoms with Crippen molar-refractivity contribution in [3.8, 4) is 17.2 Å². The second-order valence-corrected chi connectivity index (χ2v) is 8.06. The van der Waals surface area contributed by atoms with Crippen molar-refractivity contribution in [1.82, 2.24) is 4.90 Å². The molecule has 0 N–H and O–H groups in total. The molecule has 0 saturated carbocycles. The Kier molecular flexibility index (Phi) is 7.50. The maximum absolute atomic E-state index is 14.4.